The molecule has 0 aromatic heterocycles. The molecule has 3 heteroatoms. The normalized spacial score (nSPS) is 15.4. The highest BCUT2D eigenvalue weighted by Crippen LogP contribution is 2.16. The standard InChI is InChI=1S/C15H18FNO/c16-15-11-13(5-1-4-10-18)6-7-14(15)12-17-8-2-3-9-17/h6-7,11,18H,2-4,8-10,12H2. The molecule has 0 aliphatic carbocycles. The zero-order valence-corrected chi connectivity index (χ0v) is 10.5. The highest BCUT2D eigenvalue weighted by molar-refractivity contribution is 5.37. The summed E-state index contributed by atoms with van der Waals surface area (Å²) >= 11 is 0. The summed E-state index contributed by atoms with van der Waals surface area (Å²) in [6.07, 6.45) is 2.86. The van der Waals surface area contributed by atoms with Gasteiger partial charge in [-0.1, -0.05) is 17.9 Å². The minimum atomic E-state index is -0.183. The smallest absolute Gasteiger partial charge is 0.128 e. The Bertz CT molecular complexity index is 455. The quantitative estimate of drug-likeness (QED) is 0.827. The highest BCUT2D eigenvalue weighted by Gasteiger charge is 2.13. The lowest BCUT2D eigenvalue weighted by atomic mass is 10.1. The molecule has 2 rings (SSSR count). The first-order valence-electron chi connectivity index (χ1n) is 6.40. The maximum absolute atomic E-state index is 13.9. The molecule has 0 radical (unpaired) electrons. The lowest BCUT2D eigenvalue weighted by molar-refractivity contribution is 0.305. The van der Waals surface area contributed by atoms with E-state index in [-0.39, 0.29) is 12.4 Å². The van der Waals surface area contributed by atoms with Gasteiger partial charge in [0.15, 0.2) is 0 Å². The van der Waals surface area contributed by atoms with E-state index in [2.05, 4.69) is 16.7 Å². The molecule has 1 aromatic carbocycles. The van der Waals surface area contributed by atoms with Crippen LogP contribution < -0.4 is 0 Å². The van der Waals surface area contributed by atoms with Gasteiger partial charge in [0, 0.05) is 24.1 Å². The number of nitrogens with zero attached hydrogens (tertiary/aromatic N) is 1. The van der Waals surface area contributed by atoms with Crippen LogP contribution >= 0.6 is 0 Å². The first kappa shape index (κ1) is 13.1. The van der Waals surface area contributed by atoms with Gasteiger partial charge in [-0.3, -0.25) is 4.90 Å². The van der Waals surface area contributed by atoms with Gasteiger partial charge in [-0.15, -0.1) is 0 Å². The van der Waals surface area contributed by atoms with Crippen molar-refractivity contribution >= 4 is 0 Å². The van der Waals surface area contributed by atoms with Crippen LogP contribution in [0.15, 0.2) is 18.2 Å². The van der Waals surface area contributed by atoms with Crippen LogP contribution in [0.5, 0.6) is 0 Å². The lowest BCUT2D eigenvalue weighted by Gasteiger charge is -2.14. The molecule has 1 heterocycles. The summed E-state index contributed by atoms with van der Waals surface area (Å²) < 4.78 is 13.9. The van der Waals surface area contributed by atoms with Crippen molar-refractivity contribution in [1.29, 1.82) is 0 Å². The zero-order valence-electron chi connectivity index (χ0n) is 10.5. The molecule has 0 atom stereocenters. The Morgan fingerprint density at radius 3 is 2.72 bits per heavy atom. The van der Waals surface area contributed by atoms with Crippen molar-refractivity contribution in [3.63, 3.8) is 0 Å². The number of rotatable bonds is 3. The molecular weight excluding hydrogens is 229 g/mol. The lowest BCUT2D eigenvalue weighted by Crippen LogP contribution is -2.19. The topological polar surface area (TPSA) is 23.5 Å². The Hall–Kier alpha value is -1.37. The number of benzene rings is 1. The van der Waals surface area contributed by atoms with Crippen LogP contribution in [0.4, 0.5) is 4.39 Å². The molecule has 1 fully saturated rings. The van der Waals surface area contributed by atoms with E-state index < -0.39 is 0 Å². The molecule has 2 nitrogen and oxygen atoms in total. The van der Waals surface area contributed by atoms with Crippen LogP contribution in [0, 0.1) is 17.7 Å². The molecule has 18 heavy (non-hydrogen) atoms. The molecular formula is C15H18FNO. The number of aliphatic hydroxyl groups is 1. The van der Waals surface area contributed by atoms with E-state index in [4.69, 9.17) is 5.11 Å². The monoisotopic (exact) mass is 247 g/mol. The van der Waals surface area contributed by atoms with Gasteiger partial charge in [-0.2, -0.15) is 0 Å². The average molecular weight is 247 g/mol. The first-order chi connectivity index (χ1) is 8.79. The van der Waals surface area contributed by atoms with Gasteiger partial charge in [-0.05, 0) is 38.1 Å². The van der Waals surface area contributed by atoms with Gasteiger partial charge in [0.05, 0.1) is 6.61 Å². The first-order valence-corrected chi connectivity index (χ1v) is 6.40. The number of halogens is 1. The van der Waals surface area contributed by atoms with Gasteiger partial charge >= 0.3 is 0 Å². The largest absolute Gasteiger partial charge is 0.395 e. The van der Waals surface area contributed by atoms with E-state index in [1.807, 2.05) is 12.1 Å². The Labute approximate surface area is 107 Å². The SMILES string of the molecule is OCCC#Cc1ccc(CN2CCCC2)c(F)c1. The van der Waals surface area contributed by atoms with Crippen LogP contribution in [0.2, 0.25) is 0 Å². The summed E-state index contributed by atoms with van der Waals surface area (Å²) in [7, 11) is 0. The minimum absolute atomic E-state index is 0.0442. The van der Waals surface area contributed by atoms with Crippen LogP contribution in [-0.4, -0.2) is 29.7 Å². The molecule has 0 amide bonds. The molecule has 0 spiro atoms. The third-order valence-electron chi connectivity index (χ3n) is 3.12. The maximum Gasteiger partial charge on any atom is 0.128 e. The van der Waals surface area contributed by atoms with Crippen LogP contribution in [-0.2, 0) is 6.54 Å². The Balaban J connectivity index is 2.03. The van der Waals surface area contributed by atoms with Crippen molar-refractivity contribution in [2.45, 2.75) is 25.8 Å². The fourth-order valence-electron chi connectivity index (χ4n) is 2.16. The van der Waals surface area contributed by atoms with E-state index in [1.54, 1.807) is 0 Å². The highest BCUT2D eigenvalue weighted by atomic mass is 19.1. The summed E-state index contributed by atoms with van der Waals surface area (Å²) in [6.45, 7) is 2.87. The summed E-state index contributed by atoms with van der Waals surface area (Å²) in [5.74, 6) is 5.46. The van der Waals surface area contributed by atoms with E-state index >= 15 is 0 Å². The van der Waals surface area contributed by atoms with Crippen LogP contribution in [0.3, 0.4) is 0 Å². The molecule has 0 bridgehead atoms. The van der Waals surface area contributed by atoms with Gasteiger partial charge in [0.2, 0.25) is 0 Å². The number of aliphatic hydroxyl groups excluding tert-OH is 1. The van der Waals surface area contributed by atoms with Crippen LogP contribution in [0.1, 0.15) is 30.4 Å². The van der Waals surface area contributed by atoms with Crippen molar-refractivity contribution < 1.29 is 9.50 Å². The molecule has 1 aliphatic heterocycles. The summed E-state index contributed by atoms with van der Waals surface area (Å²) in [6, 6.07) is 5.14. The Morgan fingerprint density at radius 1 is 1.28 bits per heavy atom. The molecule has 0 unspecified atom stereocenters. The van der Waals surface area contributed by atoms with E-state index in [0.29, 0.717) is 18.5 Å². The van der Waals surface area contributed by atoms with Crippen LogP contribution in [0.25, 0.3) is 0 Å². The molecule has 1 saturated heterocycles. The number of hydrogen-bond donors (Lipinski definition) is 1. The molecule has 0 saturated carbocycles. The van der Waals surface area contributed by atoms with Gasteiger partial charge in [-0.25, -0.2) is 4.39 Å². The van der Waals surface area contributed by atoms with E-state index in [0.717, 1.165) is 18.7 Å². The van der Waals surface area contributed by atoms with E-state index in [1.165, 1.54) is 18.9 Å². The number of hydrogen-bond acceptors (Lipinski definition) is 2. The van der Waals surface area contributed by atoms with Crippen molar-refractivity contribution in [3.8, 4) is 11.8 Å². The Morgan fingerprint density at radius 2 is 2.06 bits per heavy atom. The summed E-state index contributed by atoms with van der Waals surface area (Å²) in [5.41, 5.74) is 1.41. The fraction of sp³-hybridized carbons (Fsp3) is 0.467. The van der Waals surface area contributed by atoms with Crippen molar-refractivity contribution in [1.82, 2.24) is 4.90 Å². The molecule has 96 valence electrons. The zero-order chi connectivity index (χ0) is 12.8. The van der Waals surface area contributed by atoms with Crippen molar-refractivity contribution in [3.05, 3.63) is 35.1 Å². The second kappa shape index (κ2) is 6.53. The van der Waals surface area contributed by atoms with Crippen molar-refractivity contribution in [2.75, 3.05) is 19.7 Å². The maximum atomic E-state index is 13.9. The minimum Gasteiger partial charge on any atom is -0.395 e. The van der Waals surface area contributed by atoms with Gasteiger partial charge < -0.3 is 5.11 Å². The van der Waals surface area contributed by atoms with E-state index in [9.17, 15) is 4.39 Å². The predicted molar refractivity (Wildman–Crippen MR) is 69.5 cm³/mol. The third kappa shape index (κ3) is 3.56. The fourth-order valence-corrected chi connectivity index (χ4v) is 2.16. The molecule has 1 aromatic rings. The number of likely N-dealkylation sites (tertiary alicyclic amines) is 1. The third-order valence-corrected chi connectivity index (χ3v) is 3.12. The second-order valence-electron chi connectivity index (χ2n) is 4.56. The predicted octanol–water partition coefficient (Wildman–Crippen LogP) is 2.16. The van der Waals surface area contributed by atoms with Gasteiger partial charge in [0.25, 0.3) is 0 Å². The molecule has 1 N–H and O–H groups in total. The van der Waals surface area contributed by atoms with Gasteiger partial charge in [0.1, 0.15) is 5.82 Å². The average Bonchev–Trinajstić information content (AvgIpc) is 2.86. The summed E-state index contributed by atoms with van der Waals surface area (Å²) in [4.78, 5) is 2.27. The Kier molecular flexibility index (Phi) is 4.74. The second-order valence-corrected chi connectivity index (χ2v) is 4.56. The van der Waals surface area contributed by atoms with Crippen molar-refractivity contribution in [2.24, 2.45) is 0 Å². The molecule has 1 aliphatic rings. The summed E-state index contributed by atoms with van der Waals surface area (Å²) in [5, 5.41) is 8.62.